The lowest BCUT2D eigenvalue weighted by Gasteiger charge is -2.17. The van der Waals surface area contributed by atoms with E-state index in [0.717, 1.165) is 33.4 Å². The average Bonchev–Trinajstić information content (AvgIpc) is 2.28. The molecule has 1 aromatic heterocycles. The Hall–Kier alpha value is -2.10. The summed E-state index contributed by atoms with van der Waals surface area (Å²) >= 11 is 0. The molecule has 0 aliphatic carbocycles. The van der Waals surface area contributed by atoms with Crippen LogP contribution in [0.3, 0.4) is 0 Å². The van der Waals surface area contributed by atoms with Crippen LogP contribution in [0.25, 0.3) is 10.9 Å². The van der Waals surface area contributed by atoms with E-state index < -0.39 is 0 Å². The van der Waals surface area contributed by atoms with Gasteiger partial charge < -0.3 is 10.6 Å². The minimum atomic E-state index is -0.315. The molecular formula is C15H19N3O. The van der Waals surface area contributed by atoms with Crippen molar-refractivity contribution >= 4 is 22.5 Å². The Balaban J connectivity index is 2.73. The van der Waals surface area contributed by atoms with Gasteiger partial charge in [-0.15, -0.1) is 0 Å². The van der Waals surface area contributed by atoms with Crippen molar-refractivity contribution in [1.29, 1.82) is 0 Å². The number of primary amides is 1. The van der Waals surface area contributed by atoms with Gasteiger partial charge in [-0.25, -0.2) is 0 Å². The number of amides is 1. The lowest BCUT2D eigenvalue weighted by Crippen LogP contribution is -2.14. The minimum absolute atomic E-state index is 0.261. The predicted molar refractivity (Wildman–Crippen MR) is 78.4 cm³/mol. The zero-order valence-corrected chi connectivity index (χ0v) is 11.8. The molecule has 0 bridgehead atoms. The third kappa shape index (κ3) is 2.67. The fourth-order valence-corrected chi connectivity index (χ4v) is 2.36. The Bertz CT molecular complexity index is 647. The molecule has 0 radical (unpaired) electrons. The molecule has 0 atom stereocenters. The van der Waals surface area contributed by atoms with Gasteiger partial charge >= 0.3 is 0 Å². The standard InChI is InChI=1S/C15H19N3O/c1-9-5-11(8-14(16)19)7-12-13(18(3)4)6-10(2)17-15(9)12/h5-7H,8H2,1-4H3,(H2,16,19). The molecule has 1 aromatic carbocycles. The molecule has 100 valence electrons. The summed E-state index contributed by atoms with van der Waals surface area (Å²) in [5, 5.41) is 1.06. The van der Waals surface area contributed by atoms with E-state index >= 15 is 0 Å². The summed E-state index contributed by atoms with van der Waals surface area (Å²) < 4.78 is 0. The molecular weight excluding hydrogens is 238 g/mol. The van der Waals surface area contributed by atoms with E-state index in [0.29, 0.717) is 0 Å². The number of hydrogen-bond donors (Lipinski definition) is 1. The fourth-order valence-electron chi connectivity index (χ4n) is 2.36. The molecule has 1 amide bonds. The van der Waals surface area contributed by atoms with Gasteiger partial charge in [0.2, 0.25) is 5.91 Å². The van der Waals surface area contributed by atoms with Crippen LogP contribution in [0.5, 0.6) is 0 Å². The third-order valence-electron chi connectivity index (χ3n) is 3.13. The van der Waals surface area contributed by atoms with E-state index in [4.69, 9.17) is 5.73 Å². The molecule has 0 saturated carbocycles. The molecule has 4 nitrogen and oxygen atoms in total. The lowest BCUT2D eigenvalue weighted by atomic mass is 10.0. The largest absolute Gasteiger partial charge is 0.377 e. The van der Waals surface area contributed by atoms with Crippen LogP contribution in [0.1, 0.15) is 16.8 Å². The molecule has 1 heterocycles. The Morgan fingerprint density at radius 1 is 1.26 bits per heavy atom. The van der Waals surface area contributed by atoms with Crippen LogP contribution < -0.4 is 10.6 Å². The van der Waals surface area contributed by atoms with E-state index in [-0.39, 0.29) is 12.3 Å². The highest BCUT2D eigenvalue weighted by atomic mass is 16.1. The number of aryl methyl sites for hydroxylation is 2. The monoisotopic (exact) mass is 257 g/mol. The number of rotatable bonds is 3. The highest BCUT2D eigenvalue weighted by molar-refractivity contribution is 5.95. The Morgan fingerprint density at radius 3 is 2.53 bits per heavy atom. The van der Waals surface area contributed by atoms with Crippen LogP contribution in [0, 0.1) is 13.8 Å². The summed E-state index contributed by atoms with van der Waals surface area (Å²) in [7, 11) is 4.01. The van der Waals surface area contributed by atoms with Gasteiger partial charge in [0.05, 0.1) is 11.9 Å². The van der Waals surface area contributed by atoms with Gasteiger partial charge in [-0.3, -0.25) is 9.78 Å². The summed E-state index contributed by atoms with van der Waals surface area (Å²) in [6.45, 7) is 4.00. The number of fused-ring (bicyclic) bond motifs is 1. The van der Waals surface area contributed by atoms with Crippen molar-refractivity contribution < 1.29 is 4.79 Å². The molecule has 0 saturated heterocycles. The van der Waals surface area contributed by atoms with E-state index in [2.05, 4.69) is 16.0 Å². The highest BCUT2D eigenvalue weighted by Gasteiger charge is 2.10. The van der Waals surface area contributed by atoms with E-state index in [1.165, 1.54) is 0 Å². The topological polar surface area (TPSA) is 59.2 Å². The zero-order chi connectivity index (χ0) is 14.2. The molecule has 2 rings (SSSR count). The highest BCUT2D eigenvalue weighted by Crippen LogP contribution is 2.28. The molecule has 0 spiro atoms. The minimum Gasteiger partial charge on any atom is -0.377 e. The predicted octanol–water partition coefficient (Wildman–Crippen LogP) is 1.95. The van der Waals surface area contributed by atoms with Crippen molar-refractivity contribution in [3.63, 3.8) is 0 Å². The van der Waals surface area contributed by atoms with Crippen LogP contribution >= 0.6 is 0 Å². The van der Waals surface area contributed by atoms with Gasteiger partial charge in [0.1, 0.15) is 0 Å². The Labute approximate surface area is 113 Å². The molecule has 0 aliphatic heterocycles. The van der Waals surface area contributed by atoms with Crippen molar-refractivity contribution in [1.82, 2.24) is 4.98 Å². The number of carbonyl (C=O) groups excluding carboxylic acids is 1. The summed E-state index contributed by atoms with van der Waals surface area (Å²) in [5.74, 6) is -0.315. The van der Waals surface area contributed by atoms with Crippen LogP contribution in [0.4, 0.5) is 5.69 Å². The smallest absolute Gasteiger partial charge is 0.221 e. The number of nitrogens with zero attached hydrogens (tertiary/aromatic N) is 2. The second kappa shape index (κ2) is 4.88. The molecule has 0 fully saturated rings. The lowest BCUT2D eigenvalue weighted by molar-refractivity contribution is -0.117. The first-order valence-electron chi connectivity index (χ1n) is 6.25. The van der Waals surface area contributed by atoms with Gasteiger partial charge in [0.25, 0.3) is 0 Å². The maximum atomic E-state index is 11.1. The molecule has 4 heteroatoms. The van der Waals surface area contributed by atoms with Crippen LogP contribution in [0.2, 0.25) is 0 Å². The number of carbonyl (C=O) groups is 1. The van der Waals surface area contributed by atoms with Gasteiger partial charge in [-0.05, 0) is 37.1 Å². The molecule has 2 aromatic rings. The van der Waals surface area contributed by atoms with Gasteiger partial charge in [0.15, 0.2) is 0 Å². The SMILES string of the molecule is Cc1cc(N(C)C)c2cc(CC(N)=O)cc(C)c2n1. The Kier molecular flexibility index (Phi) is 3.42. The molecule has 0 aliphatic rings. The van der Waals surface area contributed by atoms with Crippen molar-refractivity contribution in [2.45, 2.75) is 20.3 Å². The van der Waals surface area contributed by atoms with Crippen molar-refractivity contribution in [3.05, 3.63) is 35.0 Å². The molecule has 0 unspecified atom stereocenters. The Morgan fingerprint density at radius 2 is 1.95 bits per heavy atom. The first kappa shape index (κ1) is 13.3. The number of benzene rings is 1. The van der Waals surface area contributed by atoms with Crippen molar-refractivity contribution in [2.75, 3.05) is 19.0 Å². The summed E-state index contributed by atoms with van der Waals surface area (Å²) in [4.78, 5) is 17.7. The first-order chi connectivity index (χ1) is 8.88. The van der Waals surface area contributed by atoms with Crippen LogP contribution in [-0.2, 0) is 11.2 Å². The number of anilines is 1. The molecule has 19 heavy (non-hydrogen) atoms. The van der Waals surface area contributed by atoms with Crippen molar-refractivity contribution in [2.24, 2.45) is 5.73 Å². The van der Waals surface area contributed by atoms with Crippen LogP contribution in [-0.4, -0.2) is 25.0 Å². The zero-order valence-electron chi connectivity index (χ0n) is 11.8. The average molecular weight is 257 g/mol. The van der Waals surface area contributed by atoms with E-state index in [1.54, 1.807) is 0 Å². The summed E-state index contributed by atoms with van der Waals surface area (Å²) in [5.41, 5.74) is 10.4. The number of pyridine rings is 1. The van der Waals surface area contributed by atoms with Crippen LogP contribution in [0.15, 0.2) is 18.2 Å². The van der Waals surface area contributed by atoms with E-state index in [1.807, 2.05) is 40.1 Å². The number of nitrogens with two attached hydrogens (primary N) is 1. The summed E-state index contributed by atoms with van der Waals surface area (Å²) in [6.07, 6.45) is 0.261. The third-order valence-corrected chi connectivity index (χ3v) is 3.13. The van der Waals surface area contributed by atoms with Crippen molar-refractivity contribution in [3.8, 4) is 0 Å². The summed E-state index contributed by atoms with van der Waals surface area (Å²) in [6, 6.07) is 6.05. The van der Waals surface area contributed by atoms with Gasteiger partial charge in [-0.2, -0.15) is 0 Å². The van der Waals surface area contributed by atoms with Gasteiger partial charge in [0, 0.05) is 30.9 Å². The van der Waals surface area contributed by atoms with E-state index in [9.17, 15) is 4.79 Å². The molecule has 2 N–H and O–H groups in total. The number of hydrogen-bond acceptors (Lipinski definition) is 3. The second-order valence-corrected chi connectivity index (χ2v) is 5.13. The second-order valence-electron chi connectivity index (χ2n) is 5.13. The normalized spacial score (nSPS) is 10.7. The quantitative estimate of drug-likeness (QED) is 0.914. The first-order valence-corrected chi connectivity index (χ1v) is 6.25. The number of aromatic nitrogens is 1. The maximum absolute atomic E-state index is 11.1. The maximum Gasteiger partial charge on any atom is 0.221 e. The van der Waals surface area contributed by atoms with Gasteiger partial charge in [-0.1, -0.05) is 6.07 Å². The fraction of sp³-hybridized carbons (Fsp3) is 0.333.